The molecule has 0 radical (unpaired) electrons. The van der Waals surface area contributed by atoms with E-state index < -0.39 is 7.92 Å². The van der Waals surface area contributed by atoms with Gasteiger partial charge in [-0.1, -0.05) is 80.6 Å². The molecular formula is C24H25N2OP. The van der Waals surface area contributed by atoms with Crippen LogP contribution in [0, 0.1) is 5.92 Å². The van der Waals surface area contributed by atoms with Gasteiger partial charge in [-0.05, 0) is 36.6 Å². The Hall–Kier alpha value is -2.51. The first-order valence-electron chi connectivity index (χ1n) is 9.75. The summed E-state index contributed by atoms with van der Waals surface area (Å²) >= 11 is 0. The molecule has 4 heteroatoms. The van der Waals surface area contributed by atoms with E-state index in [2.05, 4.69) is 86.6 Å². The third kappa shape index (κ3) is 4.31. The molecule has 0 N–H and O–H groups in total. The Labute approximate surface area is 168 Å². The maximum absolute atomic E-state index is 5.83. The van der Waals surface area contributed by atoms with Gasteiger partial charge in [0.05, 0.1) is 6.04 Å². The molecule has 0 amide bonds. The van der Waals surface area contributed by atoms with Crippen molar-refractivity contribution in [3.63, 3.8) is 0 Å². The van der Waals surface area contributed by atoms with Crippen molar-refractivity contribution in [2.24, 2.45) is 10.9 Å². The molecule has 0 unspecified atom stereocenters. The lowest BCUT2D eigenvalue weighted by molar-refractivity contribution is 0.291. The van der Waals surface area contributed by atoms with Gasteiger partial charge in [0.1, 0.15) is 12.3 Å². The molecule has 3 nitrogen and oxygen atoms in total. The largest absolute Gasteiger partial charge is 0.474 e. The summed E-state index contributed by atoms with van der Waals surface area (Å²) in [7, 11) is -0.514. The lowest BCUT2D eigenvalue weighted by Crippen LogP contribution is -2.14. The number of aromatic nitrogens is 1. The second kappa shape index (κ2) is 8.67. The number of nitrogens with zero attached hydrogens (tertiary/aromatic N) is 2. The van der Waals surface area contributed by atoms with Crippen molar-refractivity contribution in [2.45, 2.75) is 26.1 Å². The zero-order chi connectivity index (χ0) is 19.3. The van der Waals surface area contributed by atoms with E-state index >= 15 is 0 Å². The minimum atomic E-state index is -0.514. The van der Waals surface area contributed by atoms with Gasteiger partial charge in [0.15, 0.2) is 0 Å². The number of hydrogen-bond donors (Lipinski definition) is 0. The molecule has 0 fully saturated rings. The van der Waals surface area contributed by atoms with Gasteiger partial charge in [0.2, 0.25) is 5.90 Å². The van der Waals surface area contributed by atoms with E-state index in [-0.39, 0.29) is 6.04 Å². The zero-order valence-electron chi connectivity index (χ0n) is 16.3. The van der Waals surface area contributed by atoms with Crippen molar-refractivity contribution in [3.8, 4) is 0 Å². The fourth-order valence-electron chi connectivity index (χ4n) is 3.27. The zero-order valence-corrected chi connectivity index (χ0v) is 17.2. The number of ether oxygens (including phenoxy) is 1. The minimum absolute atomic E-state index is 0.228. The number of pyridine rings is 1. The second-order valence-electron chi connectivity index (χ2n) is 7.33. The number of rotatable bonds is 6. The third-order valence-corrected chi connectivity index (χ3v) is 7.41. The summed E-state index contributed by atoms with van der Waals surface area (Å²) in [5, 5.41) is 2.73. The van der Waals surface area contributed by atoms with Gasteiger partial charge in [0, 0.05) is 11.9 Å². The lowest BCUT2D eigenvalue weighted by atomic mass is 10.1. The van der Waals surface area contributed by atoms with Gasteiger partial charge in [0.25, 0.3) is 0 Å². The van der Waals surface area contributed by atoms with Crippen LogP contribution in [-0.2, 0) is 10.9 Å². The Bertz CT molecular complexity index is 902. The van der Waals surface area contributed by atoms with Crippen molar-refractivity contribution < 1.29 is 4.74 Å². The van der Waals surface area contributed by atoms with Gasteiger partial charge in [-0.2, -0.15) is 0 Å². The van der Waals surface area contributed by atoms with Crippen LogP contribution in [0.1, 0.15) is 25.2 Å². The standard InChI is InChI=1S/C24H25N2OP/c1-18(2)23-16-27-24(26-23)22-15-9-10-19(25-22)17-28(20-11-5-3-6-12-20)21-13-7-4-8-14-21/h3-15,18,23H,16-17H2,1-2H3/t23-/m1/s1. The second-order valence-corrected chi connectivity index (χ2v) is 9.53. The quantitative estimate of drug-likeness (QED) is 0.582. The van der Waals surface area contributed by atoms with E-state index in [1.165, 1.54) is 10.6 Å². The van der Waals surface area contributed by atoms with Crippen molar-refractivity contribution in [1.29, 1.82) is 0 Å². The molecule has 142 valence electrons. The predicted octanol–water partition coefficient (Wildman–Crippen LogP) is 4.52. The van der Waals surface area contributed by atoms with E-state index in [0.29, 0.717) is 18.4 Å². The molecule has 2 aromatic carbocycles. The van der Waals surface area contributed by atoms with Crippen molar-refractivity contribution in [1.82, 2.24) is 4.98 Å². The fourth-order valence-corrected chi connectivity index (χ4v) is 5.49. The highest BCUT2D eigenvalue weighted by molar-refractivity contribution is 7.72. The average molecular weight is 388 g/mol. The Kier molecular flexibility index (Phi) is 5.83. The van der Waals surface area contributed by atoms with Gasteiger partial charge >= 0.3 is 0 Å². The van der Waals surface area contributed by atoms with Gasteiger partial charge < -0.3 is 4.74 Å². The summed E-state index contributed by atoms with van der Waals surface area (Å²) in [6, 6.07) is 27.9. The Morgan fingerprint density at radius 2 is 1.54 bits per heavy atom. The van der Waals surface area contributed by atoms with Crippen LogP contribution in [-0.4, -0.2) is 23.5 Å². The topological polar surface area (TPSA) is 34.5 Å². The maximum atomic E-state index is 5.83. The number of hydrogen-bond acceptors (Lipinski definition) is 3. The first kappa shape index (κ1) is 18.8. The lowest BCUT2D eigenvalue weighted by Gasteiger charge is -2.18. The summed E-state index contributed by atoms with van der Waals surface area (Å²) in [6.07, 6.45) is 0.901. The van der Waals surface area contributed by atoms with Crippen molar-refractivity contribution in [2.75, 3.05) is 6.61 Å². The summed E-state index contributed by atoms with van der Waals surface area (Å²) in [5.74, 6) is 1.16. The van der Waals surface area contributed by atoms with Crippen LogP contribution >= 0.6 is 7.92 Å². The smallest absolute Gasteiger partial charge is 0.235 e. The van der Waals surface area contributed by atoms with Crippen LogP contribution in [0.25, 0.3) is 0 Å². The highest BCUT2D eigenvalue weighted by Crippen LogP contribution is 2.37. The SMILES string of the molecule is CC(C)[C@H]1COC(c2cccc(CP(c3ccccc3)c3ccccc3)n2)=N1. The molecule has 0 bridgehead atoms. The van der Waals surface area contributed by atoms with Gasteiger partial charge in [-0.3, -0.25) is 0 Å². The average Bonchev–Trinajstić information content (AvgIpc) is 3.24. The van der Waals surface area contributed by atoms with Crippen molar-refractivity contribution >= 4 is 24.4 Å². The molecule has 1 aliphatic rings. The third-order valence-electron chi connectivity index (χ3n) is 4.93. The highest BCUT2D eigenvalue weighted by atomic mass is 31.1. The predicted molar refractivity (Wildman–Crippen MR) is 118 cm³/mol. The Balaban J connectivity index is 1.62. The molecule has 0 spiro atoms. The van der Waals surface area contributed by atoms with Crippen LogP contribution in [0.3, 0.4) is 0 Å². The van der Waals surface area contributed by atoms with Crippen molar-refractivity contribution in [3.05, 3.63) is 90.3 Å². The molecule has 0 saturated heterocycles. The molecule has 4 rings (SSSR count). The van der Waals surface area contributed by atoms with Crippen LogP contribution in [0.15, 0.2) is 83.9 Å². The van der Waals surface area contributed by atoms with Gasteiger partial charge in [-0.25, -0.2) is 9.98 Å². The van der Waals surface area contributed by atoms with E-state index in [4.69, 9.17) is 14.7 Å². The van der Waals surface area contributed by atoms with Crippen LogP contribution in [0.5, 0.6) is 0 Å². The van der Waals surface area contributed by atoms with E-state index in [1.807, 2.05) is 6.07 Å². The summed E-state index contributed by atoms with van der Waals surface area (Å²) in [6.45, 7) is 5.01. The summed E-state index contributed by atoms with van der Waals surface area (Å²) < 4.78 is 5.83. The molecule has 1 aromatic heterocycles. The molecule has 1 aliphatic heterocycles. The minimum Gasteiger partial charge on any atom is -0.474 e. The number of aliphatic imine (C=N–C) groups is 1. The maximum Gasteiger partial charge on any atom is 0.235 e. The molecule has 1 atom stereocenters. The first-order chi connectivity index (χ1) is 13.7. The van der Waals surface area contributed by atoms with E-state index in [0.717, 1.165) is 17.5 Å². The molecular weight excluding hydrogens is 363 g/mol. The van der Waals surface area contributed by atoms with E-state index in [9.17, 15) is 0 Å². The van der Waals surface area contributed by atoms with Crippen LogP contribution in [0.2, 0.25) is 0 Å². The monoisotopic (exact) mass is 388 g/mol. The highest BCUT2D eigenvalue weighted by Gasteiger charge is 2.24. The molecule has 2 heterocycles. The van der Waals surface area contributed by atoms with Crippen LogP contribution in [0.4, 0.5) is 0 Å². The summed E-state index contributed by atoms with van der Waals surface area (Å²) in [4.78, 5) is 9.63. The first-order valence-corrected chi connectivity index (χ1v) is 11.3. The Morgan fingerprint density at radius 1 is 0.893 bits per heavy atom. The van der Waals surface area contributed by atoms with E-state index in [1.54, 1.807) is 0 Å². The fraction of sp³-hybridized carbons (Fsp3) is 0.250. The Morgan fingerprint density at radius 3 is 2.11 bits per heavy atom. The van der Waals surface area contributed by atoms with Gasteiger partial charge in [-0.15, -0.1) is 0 Å². The molecule has 3 aromatic rings. The molecule has 0 aliphatic carbocycles. The number of benzene rings is 2. The van der Waals surface area contributed by atoms with Crippen LogP contribution < -0.4 is 10.6 Å². The summed E-state index contributed by atoms with van der Waals surface area (Å²) in [5.41, 5.74) is 1.92. The molecule has 0 saturated carbocycles. The normalized spacial score (nSPS) is 16.3. The molecule has 28 heavy (non-hydrogen) atoms.